The number of ether oxygens (including phenoxy) is 2. The van der Waals surface area contributed by atoms with Crippen LogP contribution in [0.4, 0.5) is 0 Å². The molecule has 0 spiro atoms. The van der Waals surface area contributed by atoms with Gasteiger partial charge >= 0.3 is 11.9 Å². The first-order chi connectivity index (χ1) is 18.7. The highest BCUT2D eigenvalue weighted by Crippen LogP contribution is 2.13. The Morgan fingerprint density at radius 1 is 0.447 bits per heavy atom. The molecular weight excluding hydrogens is 472 g/mol. The van der Waals surface area contributed by atoms with Gasteiger partial charge in [0.15, 0.2) is 0 Å². The molecule has 0 aliphatic carbocycles. The highest BCUT2D eigenvalue weighted by molar-refractivity contribution is 5.73. The Bertz CT molecular complexity index is 623. The molecule has 0 saturated heterocycles. The topological polar surface area (TPSA) is 52.6 Å². The third-order valence-corrected chi connectivity index (χ3v) is 7.24. The number of carbonyl (C=O) groups excluding carboxylic acids is 2. The van der Waals surface area contributed by atoms with E-state index < -0.39 is 0 Å². The first-order valence-corrected chi connectivity index (χ1v) is 16.0. The third-order valence-electron chi connectivity index (χ3n) is 7.24. The molecule has 38 heavy (non-hydrogen) atoms. The van der Waals surface area contributed by atoms with Gasteiger partial charge in [-0.3, -0.25) is 9.59 Å². The number of hydrogen-bond donors (Lipinski definition) is 0. The SMILES string of the molecule is CCCCCCCCCCCCOC(=O)Cc1ccc(CC(=O)OCCCCCCCCCCCC)cc1. The third kappa shape index (κ3) is 21.1. The van der Waals surface area contributed by atoms with Crippen molar-refractivity contribution in [1.82, 2.24) is 0 Å². The average Bonchev–Trinajstić information content (AvgIpc) is 2.91. The van der Waals surface area contributed by atoms with Crippen molar-refractivity contribution < 1.29 is 19.1 Å². The Kier molecular flexibility index (Phi) is 22.9. The summed E-state index contributed by atoms with van der Waals surface area (Å²) in [5, 5.41) is 0. The van der Waals surface area contributed by atoms with Crippen LogP contribution in [0.15, 0.2) is 24.3 Å². The largest absolute Gasteiger partial charge is 0.465 e. The Labute approximate surface area is 234 Å². The Morgan fingerprint density at radius 3 is 1.00 bits per heavy atom. The van der Waals surface area contributed by atoms with Gasteiger partial charge in [-0.05, 0) is 24.0 Å². The smallest absolute Gasteiger partial charge is 0.310 e. The van der Waals surface area contributed by atoms with Crippen LogP contribution in [0.3, 0.4) is 0 Å². The fraction of sp³-hybridized carbons (Fsp3) is 0.765. The van der Waals surface area contributed by atoms with Gasteiger partial charge in [0, 0.05) is 0 Å². The highest BCUT2D eigenvalue weighted by Gasteiger charge is 2.08. The summed E-state index contributed by atoms with van der Waals surface area (Å²) in [5.41, 5.74) is 1.83. The molecule has 4 heteroatoms. The van der Waals surface area contributed by atoms with E-state index in [1.54, 1.807) is 0 Å². The zero-order chi connectivity index (χ0) is 27.5. The van der Waals surface area contributed by atoms with E-state index in [9.17, 15) is 9.59 Å². The Hall–Kier alpha value is -1.84. The summed E-state index contributed by atoms with van der Waals surface area (Å²) in [4.78, 5) is 24.2. The first kappa shape index (κ1) is 34.2. The van der Waals surface area contributed by atoms with Crippen molar-refractivity contribution in [3.8, 4) is 0 Å². The zero-order valence-electron chi connectivity index (χ0n) is 24.9. The first-order valence-electron chi connectivity index (χ1n) is 16.0. The molecule has 1 aromatic carbocycles. The lowest BCUT2D eigenvalue weighted by Gasteiger charge is -2.07. The van der Waals surface area contributed by atoms with Crippen molar-refractivity contribution in [2.75, 3.05) is 13.2 Å². The predicted molar refractivity (Wildman–Crippen MR) is 159 cm³/mol. The fourth-order valence-electron chi connectivity index (χ4n) is 4.76. The van der Waals surface area contributed by atoms with Gasteiger partial charge in [-0.25, -0.2) is 0 Å². The van der Waals surface area contributed by atoms with Crippen LogP contribution >= 0.6 is 0 Å². The molecule has 1 rings (SSSR count). The van der Waals surface area contributed by atoms with Gasteiger partial charge in [-0.1, -0.05) is 154 Å². The van der Waals surface area contributed by atoms with Gasteiger partial charge in [0.05, 0.1) is 26.1 Å². The maximum atomic E-state index is 12.1. The molecule has 0 atom stereocenters. The van der Waals surface area contributed by atoms with E-state index in [1.165, 1.54) is 103 Å². The van der Waals surface area contributed by atoms with E-state index in [0.717, 1.165) is 36.8 Å². The van der Waals surface area contributed by atoms with E-state index in [2.05, 4.69) is 13.8 Å². The molecular formula is C34H58O4. The summed E-state index contributed by atoms with van der Waals surface area (Å²) < 4.78 is 10.8. The van der Waals surface area contributed by atoms with Crippen LogP contribution in [0.25, 0.3) is 0 Å². The molecule has 4 nitrogen and oxygen atoms in total. The lowest BCUT2D eigenvalue weighted by molar-refractivity contribution is -0.144. The van der Waals surface area contributed by atoms with Crippen LogP contribution in [-0.4, -0.2) is 25.2 Å². The van der Waals surface area contributed by atoms with Crippen molar-refractivity contribution >= 4 is 11.9 Å². The number of esters is 2. The van der Waals surface area contributed by atoms with Gasteiger partial charge in [0.1, 0.15) is 0 Å². The van der Waals surface area contributed by atoms with E-state index in [4.69, 9.17) is 9.47 Å². The summed E-state index contributed by atoms with van der Waals surface area (Å²) in [6, 6.07) is 7.64. The monoisotopic (exact) mass is 530 g/mol. The molecule has 1 aromatic rings. The predicted octanol–water partition coefficient (Wildman–Crippen LogP) is 9.70. The maximum absolute atomic E-state index is 12.1. The van der Waals surface area contributed by atoms with Crippen molar-refractivity contribution in [2.24, 2.45) is 0 Å². The zero-order valence-corrected chi connectivity index (χ0v) is 24.9. The minimum Gasteiger partial charge on any atom is -0.465 e. The van der Waals surface area contributed by atoms with Crippen molar-refractivity contribution in [2.45, 2.75) is 155 Å². The number of hydrogen-bond acceptors (Lipinski definition) is 4. The van der Waals surface area contributed by atoms with Crippen LogP contribution in [0.1, 0.15) is 153 Å². The molecule has 0 amide bonds. The maximum Gasteiger partial charge on any atom is 0.310 e. The number of benzene rings is 1. The summed E-state index contributed by atoms with van der Waals surface area (Å²) in [7, 11) is 0. The number of unbranched alkanes of at least 4 members (excludes halogenated alkanes) is 18. The van der Waals surface area contributed by atoms with Crippen molar-refractivity contribution in [1.29, 1.82) is 0 Å². The normalized spacial score (nSPS) is 11.0. The molecule has 0 aliphatic rings. The quantitative estimate of drug-likeness (QED) is 0.0883. The molecule has 0 aromatic heterocycles. The number of carbonyl (C=O) groups is 2. The summed E-state index contributed by atoms with van der Waals surface area (Å²) in [6.45, 7) is 5.53. The van der Waals surface area contributed by atoms with Gasteiger partial charge in [-0.2, -0.15) is 0 Å². The molecule has 0 saturated carbocycles. The number of rotatable bonds is 26. The standard InChI is InChI=1S/C34H58O4/c1-3-5-7-9-11-13-15-17-19-21-27-37-33(35)29-31-23-25-32(26-24-31)30-34(36)38-28-22-20-18-16-14-12-10-8-6-4-2/h23-26H,3-22,27-30H2,1-2H3. The van der Waals surface area contributed by atoms with Crippen LogP contribution < -0.4 is 0 Å². The second-order valence-electron chi connectivity index (χ2n) is 11.0. The molecule has 0 fully saturated rings. The molecule has 218 valence electrons. The molecule has 0 heterocycles. The lowest BCUT2D eigenvalue weighted by Crippen LogP contribution is -2.10. The lowest BCUT2D eigenvalue weighted by atomic mass is 10.1. The van der Waals surface area contributed by atoms with Crippen LogP contribution in [-0.2, 0) is 31.9 Å². The van der Waals surface area contributed by atoms with E-state index >= 15 is 0 Å². The molecule has 0 radical (unpaired) electrons. The van der Waals surface area contributed by atoms with Crippen molar-refractivity contribution in [3.63, 3.8) is 0 Å². The molecule has 0 bridgehead atoms. The highest BCUT2D eigenvalue weighted by atomic mass is 16.5. The van der Waals surface area contributed by atoms with Crippen LogP contribution in [0.2, 0.25) is 0 Å². The average molecular weight is 531 g/mol. The fourth-order valence-corrected chi connectivity index (χ4v) is 4.76. The Balaban J connectivity index is 2.01. The molecule has 0 aliphatic heterocycles. The molecule has 0 unspecified atom stereocenters. The molecule has 0 N–H and O–H groups in total. The summed E-state index contributed by atoms with van der Waals surface area (Å²) in [6.07, 6.45) is 26.0. The summed E-state index contributed by atoms with van der Waals surface area (Å²) in [5.74, 6) is -0.353. The second-order valence-corrected chi connectivity index (χ2v) is 11.0. The van der Waals surface area contributed by atoms with E-state index in [0.29, 0.717) is 13.2 Å². The minimum absolute atomic E-state index is 0.176. The second kappa shape index (κ2) is 25.4. The van der Waals surface area contributed by atoms with E-state index in [-0.39, 0.29) is 24.8 Å². The van der Waals surface area contributed by atoms with Gasteiger partial charge in [-0.15, -0.1) is 0 Å². The minimum atomic E-state index is -0.176. The van der Waals surface area contributed by atoms with Gasteiger partial charge < -0.3 is 9.47 Å². The van der Waals surface area contributed by atoms with Crippen LogP contribution in [0.5, 0.6) is 0 Å². The Morgan fingerprint density at radius 2 is 0.711 bits per heavy atom. The van der Waals surface area contributed by atoms with Crippen molar-refractivity contribution in [3.05, 3.63) is 35.4 Å². The van der Waals surface area contributed by atoms with E-state index in [1.807, 2.05) is 24.3 Å². The van der Waals surface area contributed by atoms with Gasteiger partial charge in [0.25, 0.3) is 0 Å². The summed E-state index contributed by atoms with van der Waals surface area (Å²) >= 11 is 0. The van der Waals surface area contributed by atoms with Crippen LogP contribution in [0, 0.1) is 0 Å². The van der Waals surface area contributed by atoms with Gasteiger partial charge in [0.2, 0.25) is 0 Å².